The van der Waals surface area contributed by atoms with Crippen molar-refractivity contribution in [2.24, 2.45) is 0 Å². The maximum absolute atomic E-state index is 13.0. The van der Waals surface area contributed by atoms with E-state index in [1.807, 2.05) is 6.92 Å². The van der Waals surface area contributed by atoms with Gasteiger partial charge in [-0.2, -0.15) is 0 Å². The zero-order valence-electron chi connectivity index (χ0n) is 12.5. The number of amides is 1. The van der Waals surface area contributed by atoms with Gasteiger partial charge in [0.25, 0.3) is 0 Å². The minimum atomic E-state index is -0.307. The van der Waals surface area contributed by atoms with Crippen LogP contribution in [0.25, 0.3) is 0 Å². The Morgan fingerprint density at radius 3 is 2.71 bits per heavy atom. The van der Waals surface area contributed by atoms with Crippen LogP contribution in [0.5, 0.6) is 0 Å². The molecule has 0 spiro atoms. The fourth-order valence-electron chi connectivity index (χ4n) is 2.86. The second kappa shape index (κ2) is 7.52. The maximum Gasteiger partial charge on any atom is 0.241 e. The van der Waals surface area contributed by atoms with E-state index in [9.17, 15) is 14.3 Å². The number of aliphatic hydroxyl groups excluding tert-OH is 1. The number of piperidine rings is 1. The van der Waals surface area contributed by atoms with Gasteiger partial charge in [-0.15, -0.1) is 0 Å². The van der Waals surface area contributed by atoms with Crippen LogP contribution in [0.3, 0.4) is 0 Å². The van der Waals surface area contributed by atoms with E-state index in [4.69, 9.17) is 0 Å². The molecule has 1 unspecified atom stereocenters. The lowest BCUT2D eigenvalue weighted by molar-refractivity contribution is -0.120. The van der Waals surface area contributed by atoms with Gasteiger partial charge in [0.15, 0.2) is 0 Å². The smallest absolute Gasteiger partial charge is 0.241 e. The van der Waals surface area contributed by atoms with E-state index in [0.717, 1.165) is 25.8 Å². The molecule has 1 saturated heterocycles. The van der Waals surface area contributed by atoms with Gasteiger partial charge in [0.1, 0.15) is 5.82 Å². The van der Waals surface area contributed by atoms with E-state index in [0.29, 0.717) is 18.8 Å². The minimum absolute atomic E-state index is 0.00976. The fraction of sp³-hybridized carbons (Fsp3) is 0.562. The number of rotatable bonds is 5. The molecule has 2 rings (SSSR count). The van der Waals surface area contributed by atoms with Crippen molar-refractivity contribution >= 4 is 11.6 Å². The third-order valence-corrected chi connectivity index (χ3v) is 4.05. The van der Waals surface area contributed by atoms with Crippen LogP contribution in [0.1, 0.15) is 26.2 Å². The number of halogens is 1. The molecule has 21 heavy (non-hydrogen) atoms. The number of nitrogens with zero attached hydrogens (tertiary/aromatic N) is 2. The number of likely N-dealkylation sites (N-methyl/N-ethyl adjacent to an activating group) is 1. The molecular formula is C16H23FN2O2. The number of carbonyl (C=O) groups is 1. The van der Waals surface area contributed by atoms with Gasteiger partial charge < -0.3 is 10.0 Å². The normalized spacial score (nSPS) is 19.5. The number of likely N-dealkylation sites (tertiary alicyclic amines) is 1. The third-order valence-electron chi connectivity index (χ3n) is 4.05. The van der Waals surface area contributed by atoms with E-state index >= 15 is 0 Å². The van der Waals surface area contributed by atoms with Crippen molar-refractivity contribution in [2.45, 2.75) is 32.2 Å². The minimum Gasteiger partial charge on any atom is -0.395 e. The van der Waals surface area contributed by atoms with E-state index in [-0.39, 0.29) is 24.4 Å². The summed E-state index contributed by atoms with van der Waals surface area (Å²) < 4.78 is 13.0. The van der Waals surface area contributed by atoms with Crippen LogP contribution in [0.15, 0.2) is 24.3 Å². The first kappa shape index (κ1) is 15.9. The summed E-state index contributed by atoms with van der Waals surface area (Å²) in [4.78, 5) is 16.2. The number of aliphatic hydroxyl groups is 1. The Bertz CT molecular complexity index is 464. The van der Waals surface area contributed by atoms with Crippen molar-refractivity contribution in [3.05, 3.63) is 30.1 Å². The summed E-state index contributed by atoms with van der Waals surface area (Å²) in [6.45, 7) is 3.69. The molecule has 5 heteroatoms. The Morgan fingerprint density at radius 1 is 1.38 bits per heavy atom. The molecule has 1 fully saturated rings. The third kappa shape index (κ3) is 4.02. The van der Waals surface area contributed by atoms with Crippen LogP contribution in [-0.2, 0) is 4.79 Å². The summed E-state index contributed by atoms with van der Waals surface area (Å²) in [5, 5.41) is 9.41. The van der Waals surface area contributed by atoms with Gasteiger partial charge in [-0.05, 0) is 50.6 Å². The molecule has 0 saturated carbocycles. The van der Waals surface area contributed by atoms with Crippen LogP contribution in [0.4, 0.5) is 10.1 Å². The Morgan fingerprint density at radius 2 is 2.10 bits per heavy atom. The highest BCUT2D eigenvalue weighted by Gasteiger charge is 2.25. The first-order valence-electron chi connectivity index (χ1n) is 7.56. The number of anilines is 1. The van der Waals surface area contributed by atoms with Gasteiger partial charge in [-0.25, -0.2) is 4.39 Å². The molecule has 0 bridgehead atoms. The molecule has 1 aliphatic heterocycles. The van der Waals surface area contributed by atoms with Gasteiger partial charge >= 0.3 is 0 Å². The highest BCUT2D eigenvalue weighted by Crippen LogP contribution is 2.19. The van der Waals surface area contributed by atoms with Crippen molar-refractivity contribution < 1.29 is 14.3 Å². The van der Waals surface area contributed by atoms with Crippen molar-refractivity contribution in [1.82, 2.24) is 4.90 Å². The summed E-state index contributed by atoms with van der Waals surface area (Å²) in [6, 6.07) is 6.05. The van der Waals surface area contributed by atoms with Crippen LogP contribution in [0, 0.1) is 5.82 Å². The van der Waals surface area contributed by atoms with E-state index < -0.39 is 0 Å². The van der Waals surface area contributed by atoms with Gasteiger partial charge in [0.05, 0.1) is 13.2 Å². The molecule has 0 aliphatic carbocycles. The van der Waals surface area contributed by atoms with Crippen molar-refractivity contribution in [2.75, 3.05) is 31.1 Å². The molecule has 0 radical (unpaired) electrons. The molecule has 116 valence electrons. The molecule has 0 aromatic heterocycles. The number of hydrogen-bond donors (Lipinski definition) is 1. The molecule has 1 atom stereocenters. The van der Waals surface area contributed by atoms with Crippen LogP contribution >= 0.6 is 0 Å². The summed E-state index contributed by atoms with van der Waals surface area (Å²) in [5.74, 6) is -0.317. The zero-order valence-corrected chi connectivity index (χ0v) is 12.5. The monoisotopic (exact) mass is 294 g/mol. The van der Waals surface area contributed by atoms with Gasteiger partial charge in [0, 0.05) is 18.3 Å². The first-order chi connectivity index (χ1) is 10.2. The lowest BCUT2D eigenvalue weighted by Gasteiger charge is -2.35. The maximum atomic E-state index is 13.0. The van der Waals surface area contributed by atoms with Crippen LogP contribution < -0.4 is 4.90 Å². The molecule has 1 heterocycles. The van der Waals surface area contributed by atoms with Gasteiger partial charge in [-0.3, -0.25) is 9.69 Å². The summed E-state index contributed by atoms with van der Waals surface area (Å²) in [7, 11) is 0. The highest BCUT2D eigenvalue weighted by molar-refractivity contribution is 5.94. The fourth-order valence-corrected chi connectivity index (χ4v) is 2.86. The average molecular weight is 294 g/mol. The van der Waals surface area contributed by atoms with Gasteiger partial charge in [-0.1, -0.05) is 6.42 Å². The summed E-state index contributed by atoms with van der Waals surface area (Å²) in [6.07, 6.45) is 3.10. The summed E-state index contributed by atoms with van der Waals surface area (Å²) >= 11 is 0. The number of benzene rings is 1. The van der Waals surface area contributed by atoms with E-state index in [2.05, 4.69) is 4.90 Å². The first-order valence-corrected chi connectivity index (χ1v) is 7.56. The highest BCUT2D eigenvalue weighted by atomic mass is 19.1. The average Bonchev–Trinajstić information content (AvgIpc) is 2.50. The quantitative estimate of drug-likeness (QED) is 0.903. The Kier molecular flexibility index (Phi) is 5.70. The molecule has 1 aliphatic rings. The van der Waals surface area contributed by atoms with Crippen molar-refractivity contribution in [3.63, 3.8) is 0 Å². The SMILES string of the molecule is CCN(C(=O)CN1CCCCC1CO)c1ccc(F)cc1. The van der Waals surface area contributed by atoms with E-state index in [1.165, 1.54) is 12.1 Å². The summed E-state index contributed by atoms with van der Waals surface area (Å²) in [5.41, 5.74) is 0.710. The van der Waals surface area contributed by atoms with Crippen LogP contribution in [-0.4, -0.2) is 48.2 Å². The Labute approximate surface area is 125 Å². The van der Waals surface area contributed by atoms with E-state index in [1.54, 1.807) is 17.0 Å². The molecule has 4 nitrogen and oxygen atoms in total. The van der Waals surface area contributed by atoms with Gasteiger partial charge in [0.2, 0.25) is 5.91 Å². The molecule has 1 N–H and O–H groups in total. The lowest BCUT2D eigenvalue weighted by Crippen LogP contribution is -2.48. The molecule has 1 aromatic carbocycles. The lowest BCUT2D eigenvalue weighted by atomic mass is 10.0. The second-order valence-electron chi connectivity index (χ2n) is 5.42. The largest absolute Gasteiger partial charge is 0.395 e. The molecular weight excluding hydrogens is 271 g/mol. The number of hydrogen-bond acceptors (Lipinski definition) is 3. The number of carbonyl (C=O) groups excluding carboxylic acids is 1. The van der Waals surface area contributed by atoms with Crippen molar-refractivity contribution in [1.29, 1.82) is 0 Å². The van der Waals surface area contributed by atoms with Crippen molar-refractivity contribution in [3.8, 4) is 0 Å². The Balaban J connectivity index is 2.04. The second-order valence-corrected chi connectivity index (χ2v) is 5.42. The predicted octanol–water partition coefficient (Wildman–Crippen LogP) is 2.03. The topological polar surface area (TPSA) is 43.8 Å². The standard InChI is InChI=1S/C16H23FN2O2/c1-2-19(14-8-6-13(17)7-9-14)16(21)11-18-10-4-3-5-15(18)12-20/h6-9,15,20H,2-5,10-12H2,1H3. The Hall–Kier alpha value is -1.46. The molecule has 1 aromatic rings. The van der Waals surface area contributed by atoms with Crippen LogP contribution in [0.2, 0.25) is 0 Å². The zero-order chi connectivity index (χ0) is 15.2. The predicted molar refractivity (Wildman–Crippen MR) is 80.7 cm³/mol. The molecule has 1 amide bonds.